The van der Waals surface area contributed by atoms with Crippen molar-refractivity contribution in [1.82, 2.24) is 14.9 Å². The van der Waals surface area contributed by atoms with Gasteiger partial charge in [0.05, 0.1) is 5.69 Å². The Hall–Kier alpha value is -4.63. The molecule has 4 aromatic rings. The zero-order valence-corrected chi connectivity index (χ0v) is 26.9. The summed E-state index contributed by atoms with van der Waals surface area (Å²) in [6.07, 6.45) is 2.19. The van der Waals surface area contributed by atoms with Crippen LogP contribution in [0.3, 0.4) is 0 Å². The molecule has 2 N–H and O–H groups in total. The largest absolute Gasteiger partial charge is 0.369 e. The van der Waals surface area contributed by atoms with Crippen LogP contribution in [0, 0.1) is 6.92 Å². The Labute approximate surface area is 265 Å². The molecule has 234 valence electrons. The maximum absolute atomic E-state index is 13.6. The molecular formula is C36H43N7O2. The maximum atomic E-state index is 13.6. The standard InChI is InChI=1S/C36H43N7O2/c1-25-26(7-6-8-32(25)43-22-21-42(35(43)45)31-13-9-27(10-14-31)36(2,3)4)23-29-24-37-34(44)33(39-29)38-28-11-15-30(16-12-28)41-19-17-40(5)18-20-41/h6-16,24H,17-23H2,1-5H3,(H,37,44)(H,38,39). The average molecular weight is 606 g/mol. The number of anilines is 5. The first-order valence-corrected chi connectivity index (χ1v) is 15.7. The van der Waals surface area contributed by atoms with Gasteiger partial charge in [0.2, 0.25) is 0 Å². The SMILES string of the molecule is Cc1c(Cc2c[nH]c(=O)c(Nc3ccc(N4CCN(C)CC4)cc3)n2)cccc1N1CCN(c2ccc(C(C)(C)C)cc2)C1=O. The molecule has 0 bridgehead atoms. The molecule has 3 aromatic carbocycles. The van der Waals surface area contributed by atoms with E-state index in [1.807, 2.05) is 53.1 Å². The fraction of sp³-hybridized carbons (Fsp3) is 0.361. The van der Waals surface area contributed by atoms with Crippen molar-refractivity contribution in [1.29, 1.82) is 0 Å². The highest BCUT2D eigenvalue weighted by Crippen LogP contribution is 2.31. The highest BCUT2D eigenvalue weighted by molar-refractivity contribution is 6.06. The summed E-state index contributed by atoms with van der Waals surface area (Å²) < 4.78 is 0. The molecule has 2 aliphatic rings. The van der Waals surface area contributed by atoms with Gasteiger partial charge >= 0.3 is 6.03 Å². The fourth-order valence-electron chi connectivity index (χ4n) is 6.07. The van der Waals surface area contributed by atoms with Gasteiger partial charge in [0.25, 0.3) is 5.56 Å². The van der Waals surface area contributed by atoms with Crippen molar-refractivity contribution < 1.29 is 4.79 Å². The third kappa shape index (κ3) is 6.59. The molecule has 0 radical (unpaired) electrons. The second-order valence-corrected chi connectivity index (χ2v) is 13.2. The van der Waals surface area contributed by atoms with Gasteiger partial charge in [-0.25, -0.2) is 9.78 Å². The monoisotopic (exact) mass is 605 g/mol. The van der Waals surface area contributed by atoms with Gasteiger partial charge in [0.15, 0.2) is 5.82 Å². The fourth-order valence-corrected chi connectivity index (χ4v) is 6.07. The van der Waals surface area contributed by atoms with Gasteiger partial charge in [0.1, 0.15) is 0 Å². The van der Waals surface area contributed by atoms with Crippen LogP contribution in [0.25, 0.3) is 0 Å². The number of rotatable bonds is 7. The van der Waals surface area contributed by atoms with E-state index in [-0.39, 0.29) is 22.8 Å². The van der Waals surface area contributed by atoms with Crippen LogP contribution in [-0.2, 0) is 11.8 Å². The summed E-state index contributed by atoms with van der Waals surface area (Å²) in [4.78, 5) is 42.2. The first kappa shape index (κ1) is 30.4. The van der Waals surface area contributed by atoms with Crippen molar-refractivity contribution in [2.45, 2.75) is 39.5 Å². The number of urea groups is 1. The van der Waals surface area contributed by atoms with E-state index in [0.717, 1.165) is 60.1 Å². The van der Waals surface area contributed by atoms with Gasteiger partial charge in [-0.05, 0) is 78.5 Å². The van der Waals surface area contributed by atoms with Crippen LogP contribution in [0.2, 0.25) is 0 Å². The van der Waals surface area contributed by atoms with Crippen LogP contribution in [0.1, 0.15) is 43.2 Å². The summed E-state index contributed by atoms with van der Waals surface area (Å²) in [6, 6.07) is 22.5. The number of aromatic nitrogens is 2. The molecular weight excluding hydrogens is 562 g/mol. The Bertz CT molecular complexity index is 1720. The van der Waals surface area contributed by atoms with Crippen molar-refractivity contribution in [3.63, 3.8) is 0 Å². The van der Waals surface area contributed by atoms with Crippen molar-refractivity contribution in [3.05, 3.63) is 106 Å². The summed E-state index contributed by atoms with van der Waals surface area (Å²) in [7, 11) is 2.15. The Morgan fingerprint density at radius 2 is 1.49 bits per heavy atom. The highest BCUT2D eigenvalue weighted by Gasteiger charge is 2.32. The van der Waals surface area contributed by atoms with E-state index in [1.165, 1.54) is 11.3 Å². The predicted octanol–water partition coefficient (Wildman–Crippen LogP) is 5.91. The molecule has 1 aromatic heterocycles. The quantitative estimate of drug-likeness (QED) is 0.273. The zero-order chi connectivity index (χ0) is 31.7. The smallest absolute Gasteiger partial charge is 0.329 e. The number of benzene rings is 3. The first-order chi connectivity index (χ1) is 21.6. The lowest BCUT2D eigenvalue weighted by Gasteiger charge is -2.34. The van der Waals surface area contributed by atoms with Crippen LogP contribution in [0.15, 0.2) is 77.7 Å². The number of likely N-dealkylation sites (N-methyl/N-ethyl adjacent to an activating group) is 1. The van der Waals surface area contributed by atoms with Crippen molar-refractivity contribution >= 4 is 34.6 Å². The molecule has 0 unspecified atom stereocenters. The average Bonchev–Trinajstić information content (AvgIpc) is 3.41. The second kappa shape index (κ2) is 12.4. The van der Waals surface area contributed by atoms with Gasteiger partial charge in [-0.1, -0.05) is 45.0 Å². The molecule has 2 fully saturated rings. The van der Waals surface area contributed by atoms with Crippen LogP contribution < -0.4 is 25.6 Å². The van der Waals surface area contributed by atoms with E-state index in [9.17, 15) is 9.59 Å². The van der Waals surface area contributed by atoms with Crippen molar-refractivity contribution in [2.75, 3.05) is 66.3 Å². The zero-order valence-electron chi connectivity index (χ0n) is 26.9. The molecule has 45 heavy (non-hydrogen) atoms. The molecule has 2 saturated heterocycles. The summed E-state index contributed by atoms with van der Waals surface area (Å²) in [5.41, 5.74) is 7.64. The van der Waals surface area contributed by atoms with Crippen LogP contribution >= 0.6 is 0 Å². The first-order valence-electron chi connectivity index (χ1n) is 15.7. The number of aromatic amines is 1. The molecule has 0 saturated carbocycles. The Morgan fingerprint density at radius 1 is 0.822 bits per heavy atom. The number of piperazine rings is 1. The molecule has 9 heteroatoms. The minimum Gasteiger partial charge on any atom is -0.369 e. The minimum atomic E-state index is -0.273. The third-order valence-electron chi connectivity index (χ3n) is 8.97. The summed E-state index contributed by atoms with van der Waals surface area (Å²) >= 11 is 0. The van der Waals surface area contributed by atoms with E-state index in [2.05, 4.69) is 83.2 Å². The number of hydrogen-bond acceptors (Lipinski definition) is 6. The Balaban J connectivity index is 1.15. The Morgan fingerprint density at radius 3 is 2.18 bits per heavy atom. The maximum Gasteiger partial charge on any atom is 0.329 e. The number of nitrogens with one attached hydrogen (secondary N) is 2. The normalized spacial score (nSPS) is 16.0. The van der Waals surface area contributed by atoms with Crippen LogP contribution in [-0.4, -0.2) is 67.2 Å². The molecule has 0 aliphatic carbocycles. The molecule has 2 aliphatic heterocycles. The lowest BCUT2D eigenvalue weighted by atomic mass is 9.87. The highest BCUT2D eigenvalue weighted by atomic mass is 16.2. The summed E-state index contributed by atoms with van der Waals surface area (Å²) in [5.74, 6) is 0.261. The molecule has 2 amide bonds. The lowest BCUT2D eigenvalue weighted by molar-refractivity contribution is 0.256. The lowest BCUT2D eigenvalue weighted by Crippen LogP contribution is -2.44. The summed E-state index contributed by atoms with van der Waals surface area (Å²) in [6.45, 7) is 14.0. The number of H-pyrrole nitrogens is 1. The molecule has 0 spiro atoms. The van der Waals surface area contributed by atoms with E-state index in [4.69, 9.17) is 0 Å². The van der Waals surface area contributed by atoms with E-state index in [1.54, 1.807) is 6.20 Å². The van der Waals surface area contributed by atoms with E-state index in [0.29, 0.717) is 19.5 Å². The molecule has 3 heterocycles. The molecule has 9 nitrogen and oxygen atoms in total. The van der Waals surface area contributed by atoms with Gasteiger partial charge in [-0.15, -0.1) is 0 Å². The van der Waals surface area contributed by atoms with E-state index >= 15 is 0 Å². The van der Waals surface area contributed by atoms with Gasteiger partial charge in [0, 0.05) is 74.6 Å². The van der Waals surface area contributed by atoms with Crippen molar-refractivity contribution in [2.24, 2.45) is 0 Å². The van der Waals surface area contributed by atoms with Gasteiger partial charge in [-0.3, -0.25) is 14.6 Å². The van der Waals surface area contributed by atoms with Crippen LogP contribution in [0.5, 0.6) is 0 Å². The number of hydrogen-bond donors (Lipinski definition) is 2. The molecule has 0 atom stereocenters. The number of amides is 2. The number of carbonyl (C=O) groups is 1. The second-order valence-electron chi connectivity index (χ2n) is 13.2. The van der Waals surface area contributed by atoms with Gasteiger partial charge in [-0.2, -0.15) is 0 Å². The van der Waals surface area contributed by atoms with Crippen molar-refractivity contribution in [3.8, 4) is 0 Å². The van der Waals surface area contributed by atoms with E-state index < -0.39 is 0 Å². The van der Waals surface area contributed by atoms with Crippen LogP contribution in [0.4, 0.5) is 33.4 Å². The Kier molecular flexibility index (Phi) is 8.38. The minimum absolute atomic E-state index is 0.0222. The van der Waals surface area contributed by atoms with Gasteiger partial charge < -0.3 is 20.1 Å². The topological polar surface area (TPSA) is 87.8 Å². The predicted molar refractivity (Wildman–Crippen MR) is 184 cm³/mol. The molecule has 6 rings (SSSR count). The third-order valence-corrected chi connectivity index (χ3v) is 8.97. The summed E-state index contributed by atoms with van der Waals surface area (Å²) in [5, 5.41) is 3.20. The number of nitrogens with zero attached hydrogens (tertiary/aromatic N) is 5. The number of carbonyl (C=O) groups excluding carboxylic acids is 1.